The molecule has 1 fully saturated rings. The molecule has 0 aromatic heterocycles. The molecule has 1 aliphatic carbocycles. The van der Waals surface area contributed by atoms with E-state index in [0.29, 0.717) is 12.1 Å². The minimum absolute atomic E-state index is 0.00780. The lowest BCUT2D eigenvalue weighted by molar-refractivity contribution is 0.0525. The second-order valence-corrected chi connectivity index (χ2v) is 6.20. The third-order valence-electron chi connectivity index (χ3n) is 3.28. The normalized spacial score (nSPS) is 15.3. The van der Waals surface area contributed by atoms with Crippen molar-refractivity contribution in [3.05, 3.63) is 32.7 Å². The van der Waals surface area contributed by atoms with E-state index in [1.807, 2.05) is 18.2 Å². The Morgan fingerprint density at radius 2 is 2.11 bits per heavy atom. The number of aliphatic hydroxyl groups excluding tert-OH is 1. The van der Waals surface area contributed by atoms with Crippen molar-refractivity contribution in [1.29, 1.82) is 0 Å². The second kappa shape index (κ2) is 6.17. The SMILES string of the molecule is O=C(c1cc(Br)ccc1Br)N(CCO)C1CCC1. The van der Waals surface area contributed by atoms with Gasteiger partial charge in [-0.05, 0) is 53.4 Å². The maximum Gasteiger partial charge on any atom is 0.255 e. The summed E-state index contributed by atoms with van der Waals surface area (Å²) in [5, 5.41) is 9.11. The molecule has 1 aromatic rings. The van der Waals surface area contributed by atoms with Crippen LogP contribution in [0.3, 0.4) is 0 Å². The maximum absolute atomic E-state index is 12.5. The second-order valence-electron chi connectivity index (χ2n) is 4.43. The number of carbonyl (C=O) groups is 1. The molecule has 0 aliphatic heterocycles. The molecule has 5 heteroatoms. The molecule has 1 N–H and O–H groups in total. The van der Waals surface area contributed by atoms with Crippen LogP contribution in [0.4, 0.5) is 0 Å². The predicted octanol–water partition coefficient (Wildman–Crippen LogP) is 3.20. The van der Waals surface area contributed by atoms with Gasteiger partial charge in [-0.15, -0.1) is 0 Å². The van der Waals surface area contributed by atoms with E-state index >= 15 is 0 Å². The molecule has 1 aromatic carbocycles. The number of hydrogen-bond donors (Lipinski definition) is 1. The molecule has 0 bridgehead atoms. The Bertz CT molecular complexity index is 447. The Morgan fingerprint density at radius 3 is 2.67 bits per heavy atom. The van der Waals surface area contributed by atoms with Crippen LogP contribution in [0.25, 0.3) is 0 Å². The van der Waals surface area contributed by atoms with Crippen molar-refractivity contribution in [2.75, 3.05) is 13.2 Å². The third kappa shape index (κ3) is 2.95. The zero-order valence-electron chi connectivity index (χ0n) is 9.90. The topological polar surface area (TPSA) is 40.5 Å². The van der Waals surface area contributed by atoms with Crippen molar-refractivity contribution in [3.8, 4) is 0 Å². The highest BCUT2D eigenvalue weighted by Gasteiger charge is 2.29. The molecule has 3 nitrogen and oxygen atoms in total. The van der Waals surface area contributed by atoms with Gasteiger partial charge in [-0.3, -0.25) is 4.79 Å². The minimum Gasteiger partial charge on any atom is -0.395 e. The van der Waals surface area contributed by atoms with Gasteiger partial charge in [0.25, 0.3) is 5.91 Å². The standard InChI is InChI=1S/C13H15Br2NO2/c14-9-4-5-12(15)11(8-9)13(18)16(6-7-17)10-2-1-3-10/h4-5,8,10,17H,1-3,6-7H2. The fraction of sp³-hybridized carbons (Fsp3) is 0.462. The van der Waals surface area contributed by atoms with Gasteiger partial charge in [0.2, 0.25) is 0 Å². The van der Waals surface area contributed by atoms with Crippen molar-refractivity contribution in [2.45, 2.75) is 25.3 Å². The van der Waals surface area contributed by atoms with E-state index in [0.717, 1.165) is 21.8 Å². The summed E-state index contributed by atoms with van der Waals surface area (Å²) in [4.78, 5) is 14.3. The summed E-state index contributed by atoms with van der Waals surface area (Å²) in [7, 11) is 0. The Kier molecular flexibility index (Phi) is 4.81. The summed E-state index contributed by atoms with van der Waals surface area (Å²) >= 11 is 6.79. The van der Waals surface area contributed by atoms with Crippen LogP contribution in [0.1, 0.15) is 29.6 Å². The highest BCUT2D eigenvalue weighted by Crippen LogP contribution is 2.29. The van der Waals surface area contributed by atoms with Gasteiger partial charge in [0.05, 0.1) is 12.2 Å². The van der Waals surface area contributed by atoms with Crippen molar-refractivity contribution in [2.24, 2.45) is 0 Å². The van der Waals surface area contributed by atoms with E-state index in [9.17, 15) is 4.79 Å². The Hall–Kier alpha value is -0.390. The van der Waals surface area contributed by atoms with E-state index < -0.39 is 0 Å². The quantitative estimate of drug-likeness (QED) is 0.876. The number of amides is 1. The maximum atomic E-state index is 12.5. The third-order valence-corrected chi connectivity index (χ3v) is 4.46. The van der Waals surface area contributed by atoms with E-state index in [1.54, 1.807) is 4.90 Å². The zero-order valence-corrected chi connectivity index (χ0v) is 13.1. The van der Waals surface area contributed by atoms with Crippen LogP contribution in [-0.2, 0) is 0 Å². The number of nitrogens with zero attached hydrogens (tertiary/aromatic N) is 1. The average molecular weight is 377 g/mol. The zero-order chi connectivity index (χ0) is 13.1. The van der Waals surface area contributed by atoms with Crippen LogP contribution in [-0.4, -0.2) is 35.1 Å². The van der Waals surface area contributed by atoms with Gasteiger partial charge in [-0.2, -0.15) is 0 Å². The lowest BCUT2D eigenvalue weighted by atomic mass is 9.91. The monoisotopic (exact) mass is 375 g/mol. The molecule has 1 aliphatic rings. The van der Waals surface area contributed by atoms with Crippen LogP contribution in [0.15, 0.2) is 27.1 Å². The molecular formula is C13H15Br2NO2. The van der Waals surface area contributed by atoms with Gasteiger partial charge >= 0.3 is 0 Å². The molecule has 1 amide bonds. The molecular weight excluding hydrogens is 362 g/mol. The summed E-state index contributed by atoms with van der Waals surface area (Å²) in [5.41, 5.74) is 0.643. The largest absolute Gasteiger partial charge is 0.395 e. The molecule has 1 saturated carbocycles. The van der Waals surface area contributed by atoms with Crippen molar-refractivity contribution in [3.63, 3.8) is 0 Å². The molecule has 0 atom stereocenters. The molecule has 98 valence electrons. The molecule has 0 radical (unpaired) electrons. The van der Waals surface area contributed by atoms with E-state index in [4.69, 9.17) is 5.11 Å². The molecule has 0 spiro atoms. The van der Waals surface area contributed by atoms with Crippen LogP contribution < -0.4 is 0 Å². The highest BCUT2D eigenvalue weighted by molar-refractivity contribution is 9.11. The lowest BCUT2D eigenvalue weighted by Gasteiger charge is -2.37. The summed E-state index contributed by atoms with van der Waals surface area (Å²) in [6, 6.07) is 5.85. The summed E-state index contributed by atoms with van der Waals surface area (Å²) in [6.45, 7) is 0.413. The number of halogens is 2. The summed E-state index contributed by atoms with van der Waals surface area (Å²) in [6.07, 6.45) is 3.24. The van der Waals surface area contributed by atoms with Gasteiger partial charge in [0.15, 0.2) is 0 Å². The molecule has 0 heterocycles. The first-order chi connectivity index (χ1) is 8.63. The van der Waals surface area contributed by atoms with Gasteiger partial charge in [-0.1, -0.05) is 15.9 Å². The molecule has 18 heavy (non-hydrogen) atoms. The number of benzene rings is 1. The van der Waals surface area contributed by atoms with Crippen molar-refractivity contribution >= 4 is 37.8 Å². The van der Waals surface area contributed by atoms with E-state index in [-0.39, 0.29) is 18.6 Å². The number of carbonyl (C=O) groups excluding carboxylic acids is 1. The summed E-state index contributed by atoms with van der Waals surface area (Å²) < 4.78 is 1.67. The summed E-state index contributed by atoms with van der Waals surface area (Å²) in [5.74, 6) is -0.0121. The van der Waals surface area contributed by atoms with Crippen LogP contribution >= 0.6 is 31.9 Å². The molecule has 2 rings (SSSR count). The first kappa shape index (κ1) is 14.0. The van der Waals surface area contributed by atoms with Gasteiger partial charge < -0.3 is 10.0 Å². The molecule has 0 saturated heterocycles. The van der Waals surface area contributed by atoms with Gasteiger partial charge in [0.1, 0.15) is 0 Å². The van der Waals surface area contributed by atoms with Crippen LogP contribution in [0.5, 0.6) is 0 Å². The smallest absolute Gasteiger partial charge is 0.255 e. The van der Waals surface area contributed by atoms with Gasteiger partial charge in [-0.25, -0.2) is 0 Å². The highest BCUT2D eigenvalue weighted by atomic mass is 79.9. The fourth-order valence-electron chi connectivity index (χ4n) is 2.07. The Labute approximate surface area is 123 Å². The van der Waals surface area contributed by atoms with E-state index in [1.165, 1.54) is 6.42 Å². The van der Waals surface area contributed by atoms with Crippen LogP contribution in [0, 0.1) is 0 Å². The minimum atomic E-state index is -0.0121. The Balaban J connectivity index is 2.23. The number of hydrogen-bond acceptors (Lipinski definition) is 2. The predicted molar refractivity (Wildman–Crippen MR) is 77.6 cm³/mol. The molecule has 0 unspecified atom stereocenters. The number of aliphatic hydroxyl groups is 1. The first-order valence-electron chi connectivity index (χ1n) is 6.00. The number of rotatable bonds is 4. The van der Waals surface area contributed by atoms with Crippen LogP contribution in [0.2, 0.25) is 0 Å². The average Bonchev–Trinajstić information content (AvgIpc) is 2.28. The fourth-order valence-corrected chi connectivity index (χ4v) is 2.85. The lowest BCUT2D eigenvalue weighted by Crippen LogP contribution is -2.45. The Morgan fingerprint density at radius 1 is 1.39 bits per heavy atom. The first-order valence-corrected chi connectivity index (χ1v) is 7.59. The van der Waals surface area contributed by atoms with Crippen molar-refractivity contribution < 1.29 is 9.90 Å². The van der Waals surface area contributed by atoms with Gasteiger partial charge in [0, 0.05) is 21.5 Å². The van der Waals surface area contributed by atoms with Crippen molar-refractivity contribution in [1.82, 2.24) is 4.90 Å². The van der Waals surface area contributed by atoms with E-state index in [2.05, 4.69) is 31.9 Å².